The van der Waals surface area contributed by atoms with Gasteiger partial charge in [-0.3, -0.25) is 0 Å². The Balaban J connectivity index is 4.19. The molecule has 0 aliphatic rings. The van der Waals surface area contributed by atoms with Crippen LogP contribution in [-0.2, 0) is 0 Å². The average molecular weight is 286 g/mol. The predicted octanol–water partition coefficient (Wildman–Crippen LogP) is 6.83. The van der Waals surface area contributed by atoms with Gasteiger partial charge in [0, 0.05) is 0 Å². The van der Waals surface area contributed by atoms with E-state index in [1.807, 2.05) is 0 Å². The molecule has 0 spiro atoms. The van der Waals surface area contributed by atoms with Gasteiger partial charge in [-0.2, -0.15) is 0 Å². The van der Waals surface area contributed by atoms with Gasteiger partial charge in [0.25, 0.3) is 0 Å². The third kappa shape index (κ3) is 9.06. The van der Waals surface area contributed by atoms with Crippen LogP contribution in [0, 0.1) is 11.8 Å². The van der Waals surface area contributed by atoms with Crippen LogP contribution in [0.4, 0.5) is 0 Å². The summed E-state index contributed by atoms with van der Waals surface area (Å²) in [6.07, 6.45) is 15.5. The molecule has 0 amide bonds. The summed E-state index contributed by atoms with van der Waals surface area (Å²) in [7, 11) is 3.20. The third-order valence-electron chi connectivity index (χ3n) is 4.74. The molecule has 0 radical (unpaired) electrons. The van der Waals surface area contributed by atoms with Crippen LogP contribution in [0.2, 0.25) is 0 Å². The lowest BCUT2D eigenvalue weighted by Crippen LogP contribution is -2.23. The first-order valence-corrected chi connectivity index (χ1v) is 9.63. The largest absolute Gasteiger partial charge is 0.134 e. The highest BCUT2D eigenvalue weighted by atomic mass is 31.0. The van der Waals surface area contributed by atoms with Crippen molar-refractivity contribution >= 4 is 9.24 Å². The van der Waals surface area contributed by atoms with E-state index in [0.29, 0.717) is 0 Å². The van der Waals surface area contributed by atoms with Crippen LogP contribution in [0.5, 0.6) is 0 Å². The van der Waals surface area contributed by atoms with Crippen molar-refractivity contribution in [2.75, 3.05) is 0 Å². The second kappa shape index (κ2) is 13.4. The fraction of sp³-hybridized carbons (Fsp3) is 1.00. The zero-order chi connectivity index (χ0) is 14.5. The summed E-state index contributed by atoms with van der Waals surface area (Å²) in [5.41, 5.74) is 0.860. The van der Waals surface area contributed by atoms with E-state index < -0.39 is 0 Å². The minimum absolute atomic E-state index is 0.860. The smallest absolute Gasteiger partial charge is 0.0233 e. The topological polar surface area (TPSA) is 0 Å². The van der Waals surface area contributed by atoms with E-state index in [0.717, 1.165) is 17.5 Å². The molecule has 3 unspecified atom stereocenters. The molecule has 0 aliphatic heterocycles. The normalized spacial score (nSPS) is 14.8. The maximum atomic E-state index is 3.20. The first-order valence-electron chi connectivity index (χ1n) is 8.96. The number of hydrogen-bond acceptors (Lipinski definition) is 0. The van der Waals surface area contributed by atoms with Gasteiger partial charge < -0.3 is 0 Å². The van der Waals surface area contributed by atoms with Crippen LogP contribution >= 0.6 is 9.24 Å². The van der Waals surface area contributed by atoms with Crippen molar-refractivity contribution in [1.82, 2.24) is 0 Å². The predicted molar refractivity (Wildman–Crippen MR) is 94.0 cm³/mol. The molecular weight excluding hydrogens is 247 g/mol. The van der Waals surface area contributed by atoms with Gasteiger partial charge in [-0.25, -0.2) is 0 Å². The minimum atomic E-state index is 0.860. The summed E-state index contributed by atoms with van der Waals surface area (Å²) in [6.45, 7) is 9.38. The molecule has 0 aromatic heterocycles. The molecule has 0 rings (SSSR count). The molecule has 0 bridgehead atoms. The highest BCUT2D eigenvalue weighted by Gasteiger charge is 2.23. The average Bonchev–Trinajstić information content (AvgIpc) is 2.43. The molecule has 0 saturated heterocycles. The Bertz CT molecular complexity index is 175. The van der Waals surface area contributed by atoms with Gasteiger partial charge in [0.05, 0.1) is 0 Å². The van der Waals surface area contributed by atoms with Gasteiger partial charge in [0.1, 0.15) is 0 Å². The highest BCUT2D eigenvalue weighted by molar-refractivity contribution is 7.17. The fourth-order valence-electron chi connectivity index (χ4n) is 3.34. The molecule has 0 aromatic carbocycles. The Morgan fingerprint density at radius 1 is 0.684 bits per heavy atom. The molecule has 0 aromatic rings. The monoisotopic (exact) mass is 286 g/mol. The SMILES string of the molecule is CCCCCCC(P)C(CCCCC)C(CC)CC. The summed E-state index contributed by atoms with van der Waals surface area (Å²) in [5.74, 6) is 1.90. The number of rotatable bonds is 13. The minimum Gasteiger partial charge on any atom is -0.134 e. The molecule has 19 heavy (non-hydrogen) atoms. The Labute approximate surface area is 125 Å². The first kappa shape index (κ1) is 19.4. The van der Waals surface area contributed by atoms with Crippen molar-refractivity contribution in [2.45, 2.75) is 104 Å². The number of unbranched alkanes of at least 4 members (excludes halogenated alkanes) is 5. The molecule has 0 saturated carbocycles. The van der Waals surface area contributed by atoms with Gasteiger partial charge in [-0.1, -0.05) is 85.5 Å². The van der Waals surface area contributed by atoms with Crippen molar-refractivity contribution in [1.29, 1.82) is 0 Å². The van der Waals surface area contributed by atoms with Gasteiger partial charge in [0.15, 0.2) is 0 Å². The van der Waals surface area contributed by atoms with Gasteiger partial charge in [-0.15, -0.1) is 9.24 Å². The second-order valence-corrected chi connectivity index (χ2v) is 7.11. The summed E-state index contributed by atoms with van der Waals surface area (Å²) >= 11 is 0. The number of hydrogen-bond donors (Lipinski definition) is 0. The second-order valence-electron chi connectivity index (χ2n) is 6.25. The van der Waals surface area contributed by atoms with Crippen molar-refractivity contribution in [2.24, 2.45) is 11.8 Å². The van der Waals surface area contributed by atoms with E-state index in [1.165, 1.54) is 70.6 Å². The lowest BCUT2D eigenvalue weighted by Gasteiger charge is -2.31. The summed E-state index contributed by atoms with van der Waals surface area (Å²) in [4.78, 5) is 0. The highest BCUT2D eigenvalue weighted by Crippen LogP contribution is 2.34. The lowest BCUT2D eigenvalue weighted by atomic mass is 9.80. The van der Waals surface area contributed by atoms with E-state index >= 15 is 0 Å². The Hall–Kier alpha value is 0.430. The van der Waals surface area contributed by atoms with E-state index in [-0.39, 0.29) is 0 Å². The molecule has 0 N–H and O–H groups in total. The molecule has 0 nitrogen and oxygen atoms in total. The van der Waals surface area contributed by atoms with E-state index in [2.05, 4.69) is 36.9 Å². The van der Waals surface area contributed by atoms with E-state index in [9.17, 15) is 0 Å². The van der Waals surface area contributed by atoms with E-state index in [1.54, 1.807) is 0 Å². The summed E-state index contributed by atoms with van der Waals surface area (Å²) < 4.78 is 0. The van der Waals surface area contributed by atoms with Gasteiger partial charge in [0.2, 0.25) is 0 Å². The lowest BCUT2D eigenvalue weighted by molar-refractivity contribution is 0.270. The van der Waals surface area contributed by atoms with Crippen LogP contribution in [0.25, 0.3) is 0 Å². The quantitative estimate of drug-likeness (QED) is 0.257. The molecule has 116 valence electrons. The molecule has 3 atom stereocenters. The van der Waals surface area contributed by atoms with Crippen LogP contribution in [-0.4, -0.2) is 5.66 Å². The maximum absolute atomic E-state index is 3.20. The van der Waals surface area contributed by atoms with Crippen molar-refractivity contribution in [3.05, 3.63) is 0 Å². The van der Waals surface area contributed by atoms with Crippen LogP contribution < -0.4 is 0 Å². The molecular formula is C18H39P. The van der Waals surface area contributed by atoms with Gasteiger partial charge in [-0.05, 0) is 30.3 Å². The Morgan fingerprint density at radius 2 is 1.21 bits per heavy atom. The standard InChI is InChI=1S/C18H39P/c1-5-9-11-13-15-18(19)17(14-12-10-6-2)16(7-3)8-4/h16-18H,5-15,19H2,1-4H3. The molecule has 0 heterocycles. The third-order valence-corrected chi connectivity index (χ3v) is 5.56. The zero-order valence-corrected chi connectivity index (χ0v) is 15.2. The van der Waals surface area contributed by atoms with Crippen molar-refractivity contribution in [3.63, 3.8) is 0 Å². The Kier molecular flexibility index (Phi) is 13.7. The molecule has 1 heteroatoms. The fourth-order valence-corrected chi connectivity index (χ4v) is 4.09. The van der Waals surface area contributed by atoms with Crippen LogP contribution in [0.3, 0.4) is 0 Å². The zero-order valence-electron chi connectivity index (χ0n) is 14.1. The van der Waals surface area contributed by atoms with E-state index in [4.69, 9.17) is 0 Å². The van der Waals surface area contributed by atoms with Crippen LogP contribution in [0.1, 0.15) is 98.3 Å². The molecule has 0 aliphatic carbocycles. The maximum Gasteiger partial charge on any atom is -0.0233 e. The van der Waals surface area contributed by atoms with Crippen molar-refractivity contribution in [3.8, 4) is 0 Å². The van der Waals surface area contributed by atoms with Crippen molar-refractivity contribution < 1.29 is 0 Å². The summed E-state index contributed by atoms with van der Waals surface area (Å²) in [6, 6.07) is 0. The van der Waals surface area contributed by atoms with Crippen LogP contribution in [0.15, 0.2) is 0 Å². The summed E-state index contributed by atoms with van der Waals surface area (Å²) in [5, 5.41) is 0. The van der Waals surface area contributed by atoms with Gasteiger partial charge >= 0.3 is 0 Å². The Morgan fingerprint density at radius 3 is 1.74 bits per heavy atom. The first-order chi connectivity index (χ1) is 9.21. The molecule has 0 fully saturated rings.